The first-order chi connectivity index (χ1) is 8.77. The van der Waals surface area contributed by atoms with Crippen LogP contribution < -0.4 is 5.32 Å². The second kappa shape index (κ2) is 8.98. The Kier molecular flexibility index (Phi) is 7.51. The van der Waals surface area contributed by atoms with Gasteiger partial charge in [-0.2, -0.15) is 0 Å². The van der Waals surface area contributed by atoms with Crippen LogP contribution in [0.3, 0.4) is 0 Å². The molecule has 1 atom stereocenters. The van der Waals surface area contributed by atoms with Gasteiger partial charge in [-0.25, -0.2) is 0 Å². The molecule has 0 amide bonds. The van der Waals surface area contributed by atoms with Gasteiger partial charge in [0.1, 0.15) is 0 Å². The molecule has 102 valence electrons. The van der Waals surface area contributed by atoms with Crippen LogP contribution in [-0.4, -0.2) is 11.1 Å². The van der Waals surface area contributed by atoms with Gasteiger partial charge in [0.05, 0.1) is 6.61 Å². The molecule has 2 nitrogen and oxygen atoms in total. The zero-order valence-corrected chi connectivity index (χ0v) is 11.8. The molecular formula is C16H27NO. The van der Waals surface area contributed by atoms with Crippen molar-refractivity contribution in [2.24, 2.45) is 0 Å². The summed E-state index contributed by atoms with van der Waals surface area (Å²) < 4.78 is 0. The van der Waals surface area contributed by atoms with Gasteiger partial charge in [-0.1, -0.05) is 57.2 Å². The van der Waals surface area contributed by atoms with E-state index in [1.165, 1.54) is 38.5 Å². The third-order valence-corrected chi connectivity index (χ3v) is 3.33. The van der Waals surface area contributed by atoms with Crippen molar-refractivity contribution in [1.29, 1.82) is 0 Å². The van der Waals surface area contributed by atoms with Gasteiger partial charge in [0, 0.05) is 17.3 Å². The molecule has 0 saturated carbocycles. The number of aliphatic hydroxyl groups excluding tert-OH is 1. The lowest BCUT2D eigenvalue weighted by molar-refractivity contribution is 0.282. The summed E-state index contributed by atoms with van der Waals surface area (Å²) in [5.74, 6) is 0. The molecule has 0 aliphatic carbocycles. The Morgan fingerprint density at radius 3 is 2.56 bits per heavy atom. The molecule has 0 bridgehead atoms. The van der Waals surface area contributed by atoms with Gasteiger partial charge in [-0.15, -0.1) is 0 Å². The summed E-state index contributed by atoms with van der Waals surface area (Å²) in [5.41, 5.74) is 2.05. The molecular weight excluding hydrogens is 222 g/mol. The number of benzene rings is 1. The van der Waals surface area contributed by atoms with E-state index in [-0.39, 0.29) is 6.61 Å². The minimum atomic E-state index is 0.104. The molecule has 1 aromatic carbocycles. The van der Waals surface area contributed by atoms with E-state index in [0.29, 0.717) is 6.04 Å². The van der Waals surface area contributed by atoms with E-state index in [0.717, 1.165) is 11.3 Å². The van der Waals surface area contributed by atoms with Gasteiger partial charge in [0.15, 0.2) is 0 Å². The number of hydrogen-bond acceptors (Lipinski definition) is 2. The molecule has 0 aromatic heterocycles. The van der Waals surface area contributed by atoms with Crippen LogP contribution in [0.15, 0.2) is 24.3 Å². The highest BCUT2D eigenvalue weighted by Gasteiger charge is 2.05. The highest BCUT2D eigenvalue weighted by Crippen LogP contribution is 2.17. The topological polar surface area (TPSA) is 32.3 Å². The van der Waals surface area contributed by atoms with E-state index in [1.54, 1.807) is 0 Å². The lowest BCUT2D eigenvalue weighted by atomic mass is 10.1. The van der Waals surface area contributed by atoms with Crippen molar-refractivity contribution in [3.63, 3.8) is 0 Å². The minimum Gasteiger partial charge on any atom is -0.392 e. The predicted molar refractivity (Wildman–Crippen MR) is 78.8 cm³/mol. The fourth-order valence-corrected chi connectivity index (χ4v) is 2.19. The van der Waals surface area contributed by atoms with Crippen LogP contribution in [0.25, 0.3) is 0 Å². The molecule has 18 heavy (non-hydrogen) atoms. The van der Waals surface area contributed by atoms with Gasteiger partial charge < -0.3 is 10.4 Å². The Balaban J connectivity index is 2.28. The number of aliphatic hydroxyl groups is 1. The molecule has 0 saturated heterocycles. The van der Waals surface area contributed by atoms with Crippen LogP contribution in [0.1, 0.15) is 57.9 Å². The van der Waals surface area contributed by atoms with E-state index >= 15 is 0 Å². The average molecular weight is 249 g/mol. The van der Waals surface area contributed by atoms with E-state index in [1.807, 2.05) is 24.3 Å². The summed E-state index contributed by atoms with van der Waals surface area (Å²) in [5, 5.41) is 12.8. The third kappa shape index (κ3) is 5.54. The zero-order valence-electron chi connectivity index (χ0n) is 11.8. The molecule has 1 unspecified atom stereocenters. The Bertz CT molecular complexity index is 325. The van der Waals surface area contributed by atoms with E-state index < -0.39 is 0 Å². The first-order valence-corrected chi connectivity index (χ1v) is 7.23. The minimum absolute atomic E-state index is 0.104. The van der Waals surface area contributed by atoms with Crippen molar-refractivity contribution in [3.05, 3.63) is 29.8 Å². The molecule has 2 N–H and O–H groups in total. The maximum Gasteiger partial charge on any atom is 0.0701 e. The number of unbranched alkanes of at least 4 members (excludes halogenated alkanes) is 4. The predicted octanol–water partition coefficient (Wildman–Crippen LogP) is 4.34. The monoisotopic (exact) mass is 249 g/mol. The molecule has 0 radical (unpaired) electrons. The van der Waals surface area contributed by atoms with Crippen LogP contribution in [0.4, 0.5) is 5.69 Å². The van der Waals surface area contributed by atoms with Gasteiger partial charge in [-0.3, -0.25) is 0 Å². The fourth-order valence-electron chi connectivity index (χ4n) is 2.19. The summed E-state index contributed by atoms with van der Waals surface area (Å²) in [6.07, 6.45) is 7.84. The maximum absolute atomic E-state index is 9.26. The van der Waals surface area contributed by atoms with Gasteiger partial charge in [0.25, 0.3) is 0 Å². The van der Waals surface area contributed by atoms with Gasteiger partial charge in [-0.05, 0) is 19.4 Å². The van der Waals surface area contributed by atoms with Crippen molar-refractivity contribution < 1.29 is 5.11 Å². The average Bonchev–Trinajstić information content (AvgIpc) is 2.39. The SMILES string of the molecule is CCCCCCCC(C)Nc1ccccc1CO. The second-order valence-corrected chi connectivity index (χ2v) is 5.06. The van der Waals surface area contributed by atoms with Crippen LogP contribution in [0.5, 0.6) is 0 Å². The lowest BCUT2D eigenvalue weighted by Crippen LogP contribution is -2.16. The maximum atomic E-state index is 9.26. The lowest BCUT2D eigenvalue weighted by Gasteiger charge is -2.17. The summed E-state index contributed by atoms with van der Waals surface area (Å²) in [4.78, 5) is 0. The van der Waals surface area contributed by atoms with Crippen molar-refractivity contribution in [2.75, 3.05) is 5.32 Å². The van der Waals surface area contributed by atoms with Crippen LogP contribution in [0.2, 0.25) is 0 Å². The van der Waals surface area contributed by atoms with Crippen molar-refractivity contribution in [3.8, 4) is 0 Å². The van der Waals surface area contributed by atoms with Gasteiger partial charge >= 0.3 is 0 Å². The Labute approximate surface area is 111 Å². The summed E-state index contributed by atoms with van der Waals surface area (Å²) in [6, 6.07) is 8.45. The Morgan fingerprint density at radius 2 is 1.83 bits per heavy atom. The summed E-state index contributed by atoms with van der Waals surface area (Å²) in [6.45, 7) is 4.57. The van der Waals surface area contributed by atoms with E-state index in [9.17, 15) is 5.11 Å². The molecule has 0 aliphatic rings. The van der Waals surface area contributed by atoms with E-state index in [2.05, 4.69) is 19.2 Å². The quantitative estimate of drug-likeness (QED) is 0.638. The smallest absolute Gasteiger partial charge is 0.0701 e. The standard InChI is InChI=1S/C16H27NO/c1-3-4-5-6-7-10-14(2)17-16-12-9-8-11-15(16)13-18/h8-9,11-12,14,17-18H,3-7,10,13H2,1-2H3. The van der Waals surface area contributed by atoms with Crippen LogP contribution in [-0.2, 0) is 6.61 Å². The summed E-state index contributed by atoms with van der Waals surface area (Å²) >= 11 is 0. The van der Waals surface area contributed by atoms with Crippen LogP contribution >= 0.6 is 0 Å². The molecule has 0 fully saturated rings. The highest BCUT2D eigenvalue weighted by molar-refractivity contribution is 5.51. The zero-order chi connectivity index (χ0) is 13.2. The largest absolute Gasteiger partial charge is 0.392 e. The van der Waals surface area contributed by atoms with Crippen LogP contribution in [0, 0.1) is 0 Å². The molecule has 0 aliphatic heterocycles. The number of nitrogens with one attached hydrogen (secondary N) is 1. The molecule has 0 spiro atoms. The van der Waals surface area contributed by atoms with E-state index in [4.69, 9.17) is 0 Å². The number of hydrogen-bond donors (Lipinski definition) is 2. The normalized spacial score (nSPS) is 12.4. The van der Waals surface area contributed by atoms with Gasteiger partial charge in [0.2, 0.25) is 0 Å². The van der Waals surface area contributed by atoms with Crippen molar-refractivity contribution in [2.45, 2.75) is 65.0 Å². The highest BCUT2D eigenvalue weighted by atomic mass is 16.3. The Morgan fingerprint density at radius 1 is 1.11 bits per heavy atom. The fraction of sp³-hybridized carbons (Fsp3) is 0.625. The first kappa shape index (κ1) is 15.0. The molecule has 1 aromatic rings. The summed E-state index contributed by atoms with van der Waals surface area (Å²) in [7, 11) is 0. The number of para-hydroxylation sites is 1. The number of rotatable bonds is 9. The van der Waals surface area contributed by atoms with Crippen molar-refractivity contribution >= 4 is 5.69 Å². The molecule has 0 heterocycles. The van der Waals surface area contributed by atoms with Crippen molar-refractivity contribution in [1.82, 2.24) is 0 Å². The first-order valence-electron chi connectivity index (χ1n) is 7.23. The number of anilines is 1. The third-order valence-electron chi connectivity index (χ3n) is 3.33. The molecule has 1 rings (SSSR count). The Hall–Kier alpha value is -1.02. The second-order valence-electron chi connectivity index (χ2n) is 5.06. The molecule has 2 heteroatoms.